The highest BCUT2D eigenvalue weighted by atomic mass is 32.2. The number of nitrogens with two attached hydrogens (primary N) is 1. The Labute approximate surface area is 111 Å². The molecule has 4 nitrogen and oxygen atoms in total. The van der Waals surface area contributed by atoms with Crippen molar-refractivity contribution in [3.05, 3.63) is 53.6 Å². The molecule has 0 atom stereocenters. The Kier molecular flexibility index (Phi) is 3.53. The van der Waals surface area contributed by atoms with Crippen LogP contribution in [-0.4, -0.2) is 13.4 Å². The summed E-state index contributed by atoms with van der Waals surface area (Å²) >= 11 is 0. The molecule has 0 spiro atoms. The van der Waals surface area contributed by atoms with E-state index in [1.165, 1.54) is 12.3 Å². The summed E-state index contributed by atoms with van der Waals surface area (Å²) in [4.78, 5) is 3.69. The lowest BCUT2D eigenvalue weighted by Gasteiger charge is -2.08. The fourth-order valence-electron chi connectivity index (χ4n) is 1.78. The molecule has 1 aromatic carbocycles. The second-order valence-corrected chi connectivity index (χ2v) is 6.27. The monoisotopic (exact) mass is 280 g/mol. The van der Waals surface area contributed by atoms with Gasteiger partial charge in [-0.2, -0.15) is 0 Å². The van der Waals surface area contributed by atoms with Crippen LogP contribution in [0.2, 0.25) is 0 Å². The summed E-state index contributed by atoms with van der Waals surface area (Å²) in [5, 5.41) is 0. The van der Waals surface area contributed by atoms with Crippen LogP contribution in [-0.2, 0) is 15.6 Å². The van der Waals surface area contributed by atoms with Gasteiger partial charge in [0.2, 0.25) is 0 Å². The molecule has 1 aromatic heterocycles. The maximum Gasteiger partial charge on any atom is 0.184 e. The summed E-state index contributed by atoms with van der Waals surface area (Å²) in [5.41, 5.74) is 7.09. The van der Waals surface area contributed by atoms with E-state index in [2.05, 4.69) is 4.98 Å². The molecule has 0 saturated heterocycles. The molecule has 0 radical (unpaired) electrons. The predicted octanol–water partition coefficient (Wildman–Crippen LogP) is 2.09. The first-order valence-electron chi connectivity index (χ1n) is 5.57. The molecule has 0 aliphatic heterocycles. The zero-order valence-electron chi connectivity index (χ0n) is 10.3. The Morgan fingerprint density at radius 1 is 1.26 bits per heavy atom. The number of nitrogens with zero attached hydrogens (tertiary/aromatic N) is 1. The van der Waals surface area contributed by atoms with Gasteiger partial charge in [-0.25, -0.2) is 12.8 Å². The van der Waals surface area contributed by atoms with Crippen molar-refractivity contribution in [2.24, 2.45) is 0 Å². The quantitative estimate of drug-likeness (QED) is 0.874. The Hall–Kier alpha value is -1.95. The Morgan fingerprint density at radius 2 is 2.00 bits per heavy atom. The average Bonchev–Trinajstić information content (AvgIpc) is 2.27. The van der Waals surface area contributed by atoms with Crippen molar-refractivity contribution in [3.63, 3.8) is 0 Å². The first kappa shape index (κ1) is 13.5. The zero-order valence-corrected chi connectivity index (χ0v) is 11.1. The average molecular weight is 280 g/mol. The van der Waals surface area contributed by atoms with Gasteiger partial charge in [0.25, 0.3) is 0 Å². The zero-order chi connectivity index (χ0) is 14.0. The Morgan fingerprint density at radius 3 is 2.63 bits per heavy atom. The smallest absolute Gasteiger partial charge is 0.184 e. The maximum absolute atomic E-state index is 13.0. The molecule has 0 fully saturated rings. The minimum Gasteiger partial charge on any atom is -0.398 e. The summed E-state index contributed by atoms with van der Waals surface area (Å²) in [6.07, 6.45) is 2.35. The van der Waals surface area contributed by atoms with Crippen LogP contribution in [0.15, 0.2) is 41.6 Å². The van der Waals surface area contributed by atoms with E-state index in [1.807, 2.05) is 6.92 Å². The number of pyridine rings is 1. The fourth-order valence-corrected chi connectivity index (χ4v) is 3.23. The van der Waals surface area contributed by atoms with Gasteiger partial charge in [0.1, 0.15) is 5.82 Å². The van der Waals surface area contributed by atoms with Crippen LogP contribution in [0.25, 0.3) is 0 Å². The number of benzene rings is 1. The van der Waals surface area contributed by atoms with Crippen molar-refractivity contribution in [2.75, 3.05) is 5.73 Å². The normalized spacial score (nSPS) is 11.5. The van der Waals surface area contributed by atoms with E-state index < -0.39 is 15.7 Å². The number of rotatable bonds is 3. The van der Waals surface area contributed by atoms with Gasteiger partial charge in [-0.3, -0.25) is 4.98 Å². The van der Waals surface area contributed by atoms with E-state index in [-0.39, 0.29) is 16.3 Å². The molecule has 2 aromatic rings. The minimum absolute atomic E-state index is 0.0577. The van der Waals surface area contributed by atoms with E-state index in [1.54, 1.807) is 12.1 Å². The standard InChI is InChI=1S/C13H13FN2O2S/c1-9-2-3-13(12(15)4-9)19(17,18)8-10-5-11(14)7-16-6-10/h2-7H,8,15H2,1H3. The van der Waals surface area contributed by atoms with E-state index >= 15 is 0 Å². The van der Waals surface area contributed by atoms with Gasteiger partial charge in [-0.05, 0) is 36.2 Å². The SMILES string of the molecule is Cc1ccc(S(=O)(=O)Cc2cncc(F)c2)c(N)c1. The number of aromatic nitrogens is 1. The fraction of sp³-hybridized carbons (Fsp3) is 0.154. The third-order valence-corrected chi connectivity index (χ3v) is 4.37. The van der Waals surface area contributed by atoms with Crippen molar-refractivity contribution in [2.45, 2.75) is 17.6 Å². The number of hydrogen-bond acceptors (Lipinski definition) is 4. The first-order chi connectivity index (χ1) is 8.88. The van der Waals surface area contributed by atoms with Crippen LogP contribution in [0.3, 0.4) is 0 Å². The van der Waals surface area contributed by atoms with E-state index in [4.69, 9.17) is 5.73 Å². The van der Waals surface area contributed by atoms with E-state index in [9.17, 15) is 12.8 Å². The lowest BCUT2D eigenvalue weighted by molar-refractivity contribution is 0.594. The van der Waals surface area contributed by atoms with Crippen LogP contribution in [0.1, 0.15) is 11.1 Å². The van der Waals surface area contributed by atoms with Crippen LogP contribution in [0.4, 0.5) is 10.1 Å². The van der Waals surface area contributed by atoms with Crippen molar-refractivity contribution >= 4 is 15.5 Å². The molecular formula is C13H13FN2O2S. The van der Waals surface area contributed by atoms with Crippen LogP contribution in [0.5, 0.6) is 0 Å². The summed E-state index contributed by atoms with van der Waals surface area (Å²) in [6, 6.07) is 5.88. The van der Waals surface area contributed by atoms with Crippen LogP contribution < -0.4 is 5.73 Å². The molecule has 0 bridgehead atoms. The summed E-state index contributed by atoms with van der Waals surface area (Å²) in [6.45, 7) is 1.82. The summed E-state index contributed by atoms with van der Waals surface area (Å²) < 4.78 is 37.4. The summed E-state index contributed by atoms with van der Waals surface area (Å²) in [7, 11) is -3.61. The largest absolute Gasteiger partial charge is 0.398 e. The highest BCUT2D eigenvalue weighted by Gasteiger charge is 2.18. The highest BCUT2D eigenvalue weighted by Crippen LogP contribution is 2.23. The minimum atomic E-state index is -3.61. The van der Waals surface area contributed by atoms with Gasteiger partial charge in [0.15, 0.2) is 9.84 Å². The van der Waals surface area contributed by atoms with Crippen molar-refractivity contribution < 1.29 is 12.8 Å². The molecule has 6 heteroatoms. The number of sulfone groups is 1. The van der Waals surface area contributed by atoms with Crippen molar-refractivity contribution in [1.82, 2.24) is 4.98 Å². The maximum atomic E-state index is 13.0. The Bertz CT molecular complexity index is 714. The molecule has 2 rings (SSSR count). The number of nitrogen functional groups attached to an aromatic ring is 1. The topological polar surface area (TPSA) is 73.0 Å². The molecule has 0 unspecified atom stereocenters. The second kappa shape index (κ2) is 4.97. The van der Waals surface area contributed by atoms with Gasteiger partial charge >= 0.3 is 0 Å². The van der Waals surface area contributed by atoms with E-state index in [0.717, 1.165) is 17.8 Å². The molecule has 0 saturated carbocycles. The van der Waals surface area contributed by atoms with Crippen molar-refractivity contribution in [3.8, 4) is 0 Å². The molecular weight excluding hydrogens is 267 g/mol. The van der Waals surface area contributed by atoms with Gasteiger partial charge in [-0.1, -0.05) is 6.07 Å². The van der Waals surface area contributed by atoms with Crippen LogP contribution in [0, 0.1) is 12.7 Å². The van der Waals surface area contributed by atoms with Gasteiger partial charge in [0.05, 0.1) is 22.5 Å². The second-order valence-electron chi connectivity index (χ2n) is 4.31. The number of hydrogen-bond donors (Lipinski definition) is 1. The molecule has 2 N–H and O–H groups in total. The first-order valence-corrected chi connectivity index (χ1v) is 7.22. The molecule has 1 heterocycles. The van der Waals surface area contributed by atoms with Gasteiger partial charge in [-0.15, -0.1) is 0 Å². The predicted molar refractivity (Wildman–Crippen MR) is 70.7 cm³/mol. The summed E-state index contributed by atoms with van der Waals surface area (Å²) in [5.74, 6) is -0.894. The Balaban J connectivity index is 2.38. The van der Waals surface area contributed by atoms with Gasteiger partial charge in [0, 0.05) is 6.20 Å². The molecule has 0 amide bonds. The number of halogens is 1. The molecule has 100 valence electrons. The third-order valence-electron chi connectivity index (χ3n) is 2.62. The number of anilines is 1. The molecule has 19 heavy (non-hydrogen) atoms. The van der Waals surface area contributed by atoms with E-state index in [0.29, 0.717) is 5.56 Å². The molecule has 0 aliphatic rings. The lowest BCUT2D eigenvalue weighted by atomic mass is 10.2. The highest BCUT2D eigenvalue weighted by molar-refractivity contribution is 7.90. The number of aryl methyl sites for hydroxylation is 1. The van der Waals surface area contributed by atoms with Gasteiger partial charge < -0.3 is 5.73 Å². The van der Waals surface area contributed by atoms with Crippen LogP contribution >= 0.6 is 0 Å². The third kappa shape index (κ3) is 3.08. The lowest BCUT2D eigenvalue weighted by Crippen LogP contribution is -2.08. The van der Waals surface area contributed by atoms with Crippen molar-refractivity contribution in [1.29, 1.82) is 0 Å². The molecule has 0 aliphatic carbocycles.